The lowest BCUT2D eigenvalue weighted by Crippen LogP contribution is -2.34. The first kappa shape index (κ1) is 23.5. The number of likely N-dealkylation sites (tertiary alicyclic amines) is 2. The second-order valence-corrected chi connectivity index (χ2v) is 9.52. The Hall–Kier alpha value is -2.67. The van der Waals surface area contributed by atoms with Crippen molar-refractivity contribution < 1.29 is 19.1 Å². The quantitative estimate of drug-likeness (QED) is 0.572. The number of hydrogen-bond acceptors (Lipinski definition) is 5. The molecule has 0 bridgehead atoms. The van der Waals surface area contributed by atoms with Crippen LogP contribution in [0.1, 0.15) is 48.9 Å². The fraction of sp³-hybridized carbons (Fsp3) is 0.462. The van der Waals surface area contributed by atoms with Crippen molar-refractivity contribution in [3.05, 3.63) is 59.7 Å². The molecule has 2 aromatic rings. The molecule has 0 spiro atoms. The van der Waals surface area contributed by atoms with Gasteiger partial charge in [-0.1, -0.05) is 24.3 Å². The normalized spacial score (nSPS) is 20.2. The molecular weight excluding hydrogens is 436 g/mol. The van der Waals surface area contributed by atoms with Crippen LogP contribution >= 0.6 is 11.8 Å². The van der Waals surface area contributed by atoms with Gasteiger partial charge in [0.15, 0.2) is 0 Å². The zero-order valence-electron chi connectivity index (χ0n) is 19.4. The summed E-state index contributed by atoms with van der Waals surface area (Å²) in [5.74, 6) is 2.46. The predicted molar refractivity (Wildman–Crippen MR) is 131 cm³/mol. The van der Waals surface area contributed by atoms with Crippen molar-refractivity contribution in [1.82, 2.24) is 9.80 Å². The van der Waals surface area contributed by atoms with Crippen LogP contribution in [0.15, 0.2) is 48.5 Å². The third kappa shape index (κ3) is 5.46. The summed E-state index contributed by atoms with van der Waals surface area (Å²) in [5.41, 5.74) is 2.22. The number of rotatable bonds is 8. The van der Waals surface area contributed by atoms with Crippen LogP contribution in [0.3, 0.4) is 0 Å². The summed E-state index contributed by atoms with van der Waals surface area (Å²) in [6.45, 7) is 1.53. The molecule has 0 aliphatic carbocycles. The minimum atomic E-state index is 0.0833. The Bertz CT molecular complexity index is 905. The Balaban J connectivity index is 1.31. The van der Waals surface area contributed by atoms with Crippen LogP contribution < -0.4 is 9.47 Å². The first-order valence-electron chi connectivity index (χ1n) is 11.6. The Labute approximate surface area is 200 Å². The number of thioether (sulfide) groups is 1. The van der Waals surface area contributed by atoms with Crippen molar-refractivity contribution in [3.63, 3.8) is 0 Å². The maximum atomic E-state index is 13.0. The highest BCUT2D eigenvalue weighted by atomic mass is 32.2. The van der Waals surface area contributed by atoms with E-state index in [0.29, 0.717) is 11.5 Å². The Morgan fingerprint density at radius 2 is 1.27 bits per heavy atom. The van der Waals surface area contributed by atoms with E-state index in [1.54, 1.807) is 14.2 Å². The molecule has 176 valence electrons. The Morgan fingerprint density at radius 1 is 0.818 bits per heavy atom. The van der Waals surface area contributed by atoms with E-state index in [0.717, 1.165) is 61.4 Å². The van der Waals surface area contributed by atoms with Crippen molar-refractivity contribution in [2.75, 3.05) is 38.8 Å². The number of ether oxygens (including phenoxy) is 2. The second-order valence-electron chi connectivity index (χ2n) is 8.54. The van der Waals surface area contributed by atoms with E-state index in [-0.39, 0.29) is 23.9 Å². The summed E-state index contributed by atoms with van der Waals surface area (Å²) in [7, 11) is 3.31. The van der Waals surface area contributed by atoms with Gasteiger partial charge in [0.1, 0.15) is 11.5 Å². The minimum absolute atomic E-state index is 0.0833. The van der Waals surface area contributed by atoms with Crippen molar-refractivity contribution >= 4 is 23.6 Å². The largest absolute Gasteiger partial charge is 0.497 e. The van der Waals surface area contributed by atoms with E-state index >= 15 is 0 Å². The van der Waals surface area contributed by atoms with Gasteiger partial charge in [-0.15, -0.1) is 11.8 Å². The second kappa shape index (κ2) is 11.0. The molecule has 2 unspecified atom stereocenters. The molecule has 2 heterocycles. The highest BCUT2D eigenvalue weighted by Crippen LogP contribution is 2.35. The van der Waals surface area contributed by atoms with E-state index in [1.165, 1.54) is 11.8 Å². The van der Waals surface area contributed by atoms with Gasteiger partial charge in [0.25, 0.3) is 0 Å². The Kier molecular flexibility index (Phi) is 7.81. The van der Waals surface area contributed by atoms with Gasteiger partial charge >= 0.3 is 0 Å². The average molecular weight is 469 g/mol. The number of carbonyl (C=O) groups excluding carboxylic acids is 2. The van der Waals surface area contributed by atoms with Crippen LogP contribution in [0.2, 0.25) is 0 Å². The van der Waals surface area contributed by atoms with Crippen molar-refractivity contribution in [1.29, 1.82) is 0 Å². The lowest BCUT2D eigenvalue weighted by atomic mass is 10.0. The topological polar surface area (TPSA) is 59.1 Å². The highest BCUT2D eigenvalue weighted by Gasteiger charge is 2.32. The van der Waals surface area contributed by atoms with Gasteiger partial charge < -0.3 is 19.3 Å². The fourth-order valence-corrected chi connectivity index (χ4v) is 5.70. The van der Waals surface area contributed by atoms with Gasteiger partial charge in [0.05, 0.1) is 37.8 Å². The van der Waals surface area contributed by atoms with Crippen molar-refractivity contribution in [2.24, 2.45) is 0 Å². The zero-order chi connectivity index (χ0) is 23.2. The molecule has 0 N–H and O–H groups in total. The number of benzene rings is 2. The van der Waals surface area contributed by atoms with Gasteiger partial charge in [0.2, 0.25) is 11.8 Å². The van der Waals surface area contributed by atoms with Crippen molar-refractivity contribution in [2.45, 2.75) is 37.8 Å². The van der Waals surface area contributed by atoms with Crippen LogP contribution in [0.4, 0.5) is 0 Å². The van der Waals surface area contributed by atoms with E-state index in [1.807, 2.05) is 46.2 Å². The molecule has 6 nitrogen and oxygen atoms in total. The molecule has 2 amide bonds. The molecule has 7 heteroatoms. The van der Waals surface area contributed by atoms with Gasteiger partial charge in [-0.3, -0.25) is 9.59 Å². The lowest BCUT2D eigenvalue weighted by molar-refractivity contribution is -0.129. The van der Waals surface area contributed by atoms with E-state index in [2.05, 4.69) is 12.1 Å². The van der Waals surface area contributed by atoms with Crippen LogP contribution in [-0.2, 0) is 9.59 Å². The third-order valence-corrected chi connectivity index (χ3v) is 7.46. The molecule has 0 aromatic heterocycles. The molecule has 0 saturated carbocycles. The first-order chi connectivity index (χ1) is 16.1. The monoisotopic (exact) mass is 468 g/mol. The molecular formula is C26H32N2O4S. The maximum Gasteiger partial charge on any atom is 0.233 e. The highest BCUT2D eigenvalue weighted by molar-refractivity contribution is 8.00. The summed E-state index contributed by atoms with van der Waals surface area (Å²) in [6.07, 6.45) is 3.90. The SMILES string of the molecule is COc1cccc(C2CCCN2C(=O)CSCC(=O)N2CCCC2c2cccc(OC)c2)c1. The smallest absolute Gasteiger partial charge is 0.233 e. The summed E-state index contributed by atoms with van der Waals surface area (Å²) >= 11 is 1.42. The molecule has 0 radical (unpaired) electrons. The molecule has 2 aromatic carbocycles. The summed E-state index contributed by atoms with van der Waals surface area (Å²) in [5, 5.41) is 0. The molecule has 33 heavy (non-hydrogen) atoms. The zero-order valence-corrected chi connectivity index (χ0v) is 20.2. The standard InChI is InChI=1S/C26H32N2O4S/c1-31-21-9-3-7-19(15-21)23-11-5-13-27(23)25(29)17-33-18-26(30)28-14-6-12-24(28)20-8-4-10-22(16-20)32-2/h3-4,7-10,15-16,23-24H,5-6,11-14,17-18H2,1-2H3. The molecule has 2 aliphatic rings. The minimum Gasteiger partial charge on any atom is -0.497 e. The molecule has 2 saturated heterocycles. The predicted octanol–water partition coefficient (Wildman–Crippen LogP) is 4.46. The van der Waals surface area contributed by atoms with Crippen LogP contribution in [0.25, 0.3) is 0 Å². The first-order valence-corrected chi connectivity index (χ1v) is 12.7. The molecule has 2 fully saturated rings. The van der Waals surface area contributed by atoms with E-state index in [4.69, 9.17) is 9.47 Å². The number of methoxy groups -OCH3 is 2. The third-order valence-electron chi connectivity index (χ3n) is 6.55. The van der Waals surface area contributed by atoms with E-state index in [9.17, 15) is 9.59 Å². The number of carbonyl (C=O) groups is 2. The van der Waals surface area contributed by atoms with Crippen LogP contribution in [-0.4, -0.2) is 60.4 Å². The Morgan fingerprint density at radius 3 is 1.70 bits per heavy atom. The van der Waals surface area contributed by atoms with Crippen LogP contribution in [0, 0.1) is 0 Å². The number of hydrogen-bond donors (Lipinski definition) is 0. The summed E-state index contributed by atoms with van der Waals surface area (Å²) in [4.78, 5) is 29.9. The molecule has 2 atom stereocenters. The van der Waals surface area contributed by atoms with E-state index < -0.39 is 0 Å². The average Bonchev–Trinajstić information content (AvgIpc) is 3.54. The van der Waals surface area contributed by atoms with Gasteiger partial charge in [-0.25, -0.2) is 0 Å². The van der Waals surface area contributed by atoms with Gasteiger partial charge in [-0.05, 0) is 61.1 Å². The number of amides is 2. The van der Waals surface area contributed by atoms with Crippen molar-refractivity contribution in [3.8, 4) is 11.5 Å². The molecule has 2 aliphatic heterocycles. The number of nitrogens with zero attached hydrogens (tertiary/aromatic N) is 2. The summed E-state index contributed by atoms with van der Waals surface area (Å²) in [6, 6.07) is 16.1. The van der Waals surface area contributed by atoms with Gasteiger partial charge in [0, 0.05) is 13.1 Å². The molecule has 4 rings (SSSR count). The van der Waals surface area contributed by atoms with Gasteiger partial charge in [-0.2, -0.15) is 0 Å². The summed E-state index contributed by atoms with van der Waals surface area (Å²) < 4.78 is 10.7. The fourth-order valence-electron chi connectivity index (χ4n) is 4.91. The lowest BCUT2D eigenvalue weighted by Gasteiger charge is -2.26. The maximum absolute atomic E-state index is 13.0. The van der Waals surface area contributed by atoms with Crippen LogP contribution in [0.5, 0.6) is 11.5 Å².